The van der Waals surface area contributed by atoms with Crippen LogP contribution in [-0.4, -0.2) is 22.6 Å². The summed E-state index contributed by atoms with van der Waals surface area (Å²) in [5.41, 5.74) is 3.27. The van der Waals surface area contributed by atoms with Gasteiger partial charge in [0.15, 0.2) is 0 Å². The molecule has 0 aliphatic carbocycles. The van der Waals surface area contributed by atoms with Crippen molar-refractivity contribution in [2.24, 2.45) is 0 Å². The number of methoxy groups -OCH3 is 1. The van der Waals surface area contributed by atoms with Crippen LogP contribution in [0.15, 0.2) is 60.9 Å². The number of hydrogen-bond donors (Lipinski definition) is 1. The average Bonchev–Trinajstić information content (AvgIpc) is 3.10. The molecule has 0 fully saturated rings. The third-order valence-electron chi connectivity index (χ3n) is 3.85. The van der Waals surface area contributed by atoms with Gasteiger partial charge in [0.25, 0.3) is 5.91 Å². The zero-order valence-corrected chi connectivity index (χ0v) is 13.7. The van der Waals surface area contributed by atoms with Gasteiger partial charge in [-0.1, -0.05) is 18.2 Å². The van der Waals surface area contributed by atoms with E-state index in [4.69, 9.17) is 4.74 Å². The second-order valence-corrected chi connectivity index (χ2v) is 5.37. The van der Waals surface area contributed by atoms with Crippen LogP contribution >= 0.6 is 0 Å². The van der Waals surface area contributed by atoms with Gasteiger partial charge in [0.05, 0.1) is 18.5 Å². The lowest BCUT2D eigenvalue weighted by molar-refractivity contribution is 0.0944. The summed E-state index contributed by atoms with van der Waals surface area (Å²) in [6.07, 6.45) is 3.60. The number of carbonyl (C=O) groups excluding carboxylic acids is 1. The first-order chi connectivity index (χ1) is 11.7. The van der Waals surface area contributed by atoms with Gasteiger partial charge in [0, 0.05) is 24.5 Å². The summed E-state index contributed by atoms with van der Waals surface area (Å²) in [6, 6.07) is 15.1. The lowest BCUT2D eigenvalue weighted by Gasteiger charge is -2.12. The third kappa shape index (κ3) is 3.15. The lowest BCUT2D eigenvalue weighted by atomic mass is 10.2. The number of nitrogens with zero attached hydrogens (tertiary/aromatic N) is 2. The van der Waals surface area contributed by atoms with Gasteiger partial charge in [-0.15, -0.1) is 0 Å². The first kappa shape index (κ1) is 15.8. The molecule has 0 saturated carbocycles. The molecule has 0 bridgehead atoms. The number of amides is 1. The van der Waals surface area contributed by atoms with Crippen molar-refractivity contribution in [1.82, 2.24) is 14.9 Å². The molecule has 2 aromatic heterocycles. The Morgan fingerprint density at radius 1 is 1.17 bits per heavy atom. The molecule has 0 spiro atoms. The van der Waals surface area contributed by atoms with Gasteiger partial charge in [0.2, 0.25) is 0 Å². The van der Waals surface area contributed by atoms with Gasteiger partial charge >= 0.3 is 0 Å². The maximum Gasteiger partial charge on any atom is 0.268 e. The molecule has 3 aromatic rings. The fourth-order valence-electron chi connectivity index (χ4n) is 2.62. The molecule has 24 heavy (non-hydrogen) atoms. The standard InChI is InChI=1S/C19H19N3O2/c1-14-16(8-5-11-20-14)22-12-6-9-17(22)19(23)21-13-15-7-3-4-10-18(15)24-2/h3-12H,13H2,1-2H3,(H,21,23). The minimum atomic E-state index is -0.144. The number of ether oxygens (including phenoxy) is 1. The summed E-state index contributed by atoms with van der Waals surface area (Å²) >= 11 is 0. The number of rotatable bonds is 5. The van der Waals surface area contributed by atoms with Gasteiger partial charge < -0.3 is 14.6 Å². The molecule has 122 valence electrons. The first-order valence-electron chi connectivity index (χ1n) is 7.70. The Morgan fingerprint density at radius 2 is 2.00 bits per heavy atom. The Bertz CT molecular complexity index is 855. The highest BCUT2D eigenvalue weighted by Gasteiger charge is 2.14. The molecular weight excluding hydrogens is 302 g/mol. The van der Waals surface area contributed by atoms with E-state index in [1.165, 1.54) is 0 Å². The highest BCUT2D eigenvalue weighted by Crippen LogP contribution is 2.18. The molecule has 3 rings (SSSR count). The number of benzene rings is 1. The Hall–Kier alpha value is -3.08. The van der Waals surface area contributed by atoms with Crippen molar-refractivity contribution in [2.75, 3.05) is 7.11 Å². The predicted octanol–water partition coefficient (Wildman–Crippen LogP) is 3.12. The second-order valence-electron chi connectivity index (χ2n) is 5.37. The molecule has 0 aliphatic rings. The normalized spacial score (nSPS) is 10.4. The van der Waals surface area contributed by atoms with Crippen molar-refractivity contribution in [3.63, 3.8) is 0 Å². The summed E-state index contributed by atoms with van der Waals surface area (Å²) in [7, 11) is 1.62. The minimum absolute atomic E-state index is 0.144. The van der Waals surface area contributed by atoms with Crippen molar-refractivity contribution in [2.45, 2.75) is 13.5 Å². The van der Waals surface area contributed by atoms with E-state index in [1.807, 2.05) is 60.2 Å². The number of aromatic nitrogens is 2. The molecule has 5 heteroatoms. The van der Waals surface area contributed by atoms with Crippen molar-refractivity contribution < 1.29 is 9.53 Å². The molecule has 0 unspecified atom stereocenters. The van der Waals surface area contributed by atoms with Crippen LogP contribution in [0.25, 0.3) is 5.69 Å². The molecule has 1 amide bonds. The van der Waals surface area contributed by atoms with Gasteiger partial charge in [-0.2, -0.15) is 0 Å². The summed E-state index contributed by atoms with van der Waals surface area (Å²) < 4.78 is 7.16. The van der Waals surface area contributed by atoms with Gasteiger partial charge in [-0.25, -0.2) is 0 Å². The highest BCUT2D eigenvalue weighted by atomic mass is 16.5. The largest absolute Gasteiger partial charge is 0.496 e. The molecule has 0 atom stereocenters. The number of hydrogen-bond acceptors (Lipinski definition) is 3. The van der Waals surface area contributed by atoms with E-state index in [2.05, 4.69) is 10.3 Å². The van der Waals surface area contributed by atoms with Crippen LogP contribution in [0.1, 0.15) is 21.7 Å². The zero-order chi connectivity index (χ0) is 16.9. The lowest BCUT2D eigenvalue weighted by Crippen LogP contribution is -2.25. The van der Waals surface area contributed by atoms with E-state index >= 15 is 0 Å². The van der Waals surface area contributed by atoms with Crippen LogP contribution in [-0.2, 0) is 6.54 Å². The van der Waals surface area contributed by atoms with Gasteiger partial charge in [-0.05, 0) is 37.3 Å². The number of para-hydroxylation sites is 1. The minimum Gasteiger partial charge on any atom is -0.496 e. The van der Waals surface area contributed by atoms with E-state index in [0.717, 1.165) is 22.7 Å². The van der Waals surface area contributed by atoms with E-state index in [9.17, 15) is 4.79 Å². The maximum atomic E-state index is 12.6. The van der Waals surface area contributed by atoms with E-state index < -0.39 is 0 Å². The summed E-state index contributed by atoms with van der Waals surface area (Å²) in [6.45, 7) is 2.33. The summed E-state index contributed by atoms with van der Waals surface area (Å²) in [4.78, 5) is 16.9. The quantitative estimate of drug-likeness (QED) is 0.785. The van der Waals surface area contributed by atoms with E-state index in [0.29, 0.717) is 12.2 Å². The Kier molecular flexibility index (Phi) is 4.61. The van der Waals surface area contributed by atoms with E-state index in [-0.39, 0.29) is 5.91 Å². The molecule has 2 heterocycles. The smallest absolute Gasteiger partial charge is 0.268 e. The fourth-order valence-corrected chi connectivity index (χ4v) is 2.62. The first-order valence-corrected chi connectivity index (χ1v) is 7.70. The molecule has 0 radical (unpaired) electrons. The topological polar surface area (TPSA) is 56.1 Å². The number of pyridine rings is 1. The van der Waals surface area contributed by atoms with Gasteiger partial charge in [0.1, 0.15) is 11.4 Å². The predicted molar refractivity (Wildman–Crippen MR) is 92.5 cm³/mol. The number of carbonyl (C=O) groups is 1. The Labute approximate surface area is 140 Å². The zero-order valence-electron chi connectivity index (χ0n) is 13.7. The molecule has 0 saturated heterocycles. The Morgan fingerprint density at radius 3 is 2.79 bits per heavy atom. The van der Waals surface area contributed by atoms with Crippen LogP contribution in [0.5, 0.6) is 5.75 Å². The number of nitrogens with one attached hydrogen (secondary N) is 1. The summed E-state index contributed by atoms with van der Waals surface area (Å²) in [5.74, 6) is 0.616. The van der Waals surface area contributed by atoms with E-state index in [1.54, 1.807) is 19.4 Å². The van der Waals surface area contributed by atoms with Crippen LogP contribution in [0.3, 0.4) is 0 Å². The third-order valence-corrected chi connectivity index (χ3v) is 3.85. The SMILES string of the molecule is COc1ccccc1CNC(=O)c1cccn1-c1cccnc1C. The van der Waals surface area contributed by atoms with Crippen molar-refractivity contribution in [1.29, 1.82) is 0 Å². The summed E-state index contributed by atoms with van der Waals surface area (Å²) in [5, 5.41) is 2.95. The van der Waals surface area contributed by atoms with Crippen molar-refractivity contribution >= 4 is 5.91 Å². The molecular formula is C19H19N3O2. The molecule has 1 N–H and O–H groups in total. The second kappa shape index (κ2) is 7.00. The average molecular weight is 321 g/mol. The van der Waals surface area contributed by atoms with Crippen LogP contribution < -0.4 is 10.1 Å². The highest BCUT2D eigenvalue weighted by molar-refractivity contribution is 5.93. The fraction of sp³-hybridized carbons (Fsp3) is 0.158. The monoisotopic (exact) mass is 321 g/mol. The van der Waals surface area contributed by atoms with Crippen LogP contribution in [0.2, 0.25) is 0 Å². The Balaban J connectivity index is 1.80. The molecule has 1 aromatic carbocycles. The van der Waals surface area contributed by atoms with Crippen molar-refractivity contribution in [3.05, 3.63) is 77.9 Å². The molecule has 0 aliphatic heterocycles. The van der Waals surface area contributed by atoms with Gasteiger partial charge in [-0.3, -0.25) is 9.78 Å². The van der Waals surface area contributed by atoms with Crippen LogP contribution in [0, 0.1) is 6.92 Å². The van der Waals surface area contributed by atoms with Crippen LogP contribution in [0.4, 0.5) is 0 Å². The van der Waals surface area contributed by atoms with Crippen molar-refractivity contribution in [3.8, 4) is 11.4 Å². The number of aryl methyl sites for hydroxylation is 1. The maximum absolute atomic E-state index is 12.6. The molecule has 5 nitrogen and oxygen atoms in total.